The highest BCUT2D eigenvalue weighted by Gasteiger charge is 2.18. The molecule has 0 unspecified atom stereocenters. The molecule has 3 rings (SSSR count). The van der Waals surface area contributed by atoms with E-state index in [-0.39, 0.29) is 17.8 Å². The topological polar surface area (TPSA) is 74.5 Å². The maximum absolute atomic E-state index is 11.9. The highest BCUT2D eigenvalue weighted by atomic mass is 32.2. The number of carbonyl (C=O) groups excluding carboxylic acids is 1. The Morgan fingerprint density at radius 3 is 2.67 bits per heavy atom. The minimum Gasteiger partial charge on any atom is -0.497 e. The predicted molar refractivity (Wildman–Crippen MR) is 90.0 cm³/mol. The second kappa shape index (κ2) is 8.19. The summed E-state index contributed by atoms with van der Waals surface area (Å²) in [6.07, 6.45) is 5.53. The lowest BCUT2D eigenvalue weighted by molar-refractivity contribution is -0.147. The molecule has 6 nitrogen and oxygen atoms in total. The number of ether oxygens (including phenoxy) is 2. The monoisotopic (exact) mass is 348 g/mol. The fourth-order valence-corrected chi connectivity index (χ4v) is 3.19. The van der Waals surface area contributed by atoms with Gasteiger partial charge in [-0.05, 0) is 49.9 Å². The number of rotatable bonds is 6. The van der Waals surface area contributed by atoms with Crippen LogP contribution in [-0.4, -0.2) is 35.1 Å². The summed E-state index contributed by atoms with van der Waals surface area (Å²) in [4.78, 5) is 11.9. The van der Waals surface area contributed by atoms with Crippen molar-refractivity contribution in [1.82, 2.24) is 10.2 Å². The Morgan fingerprint density at radius 1 is 1.21 bits per heavy atom. The van der Waals surface area contributed by atoms with Crippen molar-refractivity contribution < 1.29 is 18.7 Å². The zero-order valence-electron chi connectivity index (χ0n) is 13.6. The number of esters is 1. The van der Waals surface area contributed by atoms with Crippen molar-refractivity contribution >= 4 is 17.7 Å². The predicted octanol–water partition coefficient (Wildman–Crippen LogP) is 3.71. The largest absolute Gasteiger partial charge is 0.497 e. The summed E-state index contributed by atoms with van der Waals surface area (Å²) in [5.74, 6) is 1.14. The highest BCUT2D eigenvalue weighted by molar-refractivity contribution is 7.99. The third-order valence-electron chi connectivity index (χ3n) is 3.91. The molecule has 0 radical (unpaired) electrons. The van der Waals surface area contributed by atoms with Crippen molar-refractivity contribution in [2.24, 2.45) is 0 Å². The molecular formula is C17H20N2O4S. The van der Waals surface area contributed by atoms with Crippen LogP contribution in [0.3, 0.4) is 0 Å². The summed E-state index contributed by atoms with van der Waals surface area (Å²) in [6.45, 7) is 0. The maximum atomic E-state index is 11.9. The van der Waals surface area contributed by atoms with Gasteiger partial charge in [0.1, 0.15) is 17.6 Å². The molecule has 0 atom stereocenters. The van der Waals surface area contributed by atoms with E-state index in [1.807, 2.05) is 24.3 Å². The van der Waals surface area contributed by atoms with Crippen molar-refractivity contribution in [3.8, 4) is 17.2 Å². The van der Waals surface area contributed by atoms with Gasteiger partial charge in [0, 0.05) is 5.56 Å². The minimum absolute atomic E-state index is 0.0735. The first-order valence-corrected chi connectivity index (χ1v) is 9.03. The van der Waals surface area contributed by atoms with E-state index in [2.05, 4.69) is 10.2 Å². The van der Waals surface area contributed by atoms with E-state index in [9.17, 15) is 4.79 Å². The van der Waals surface area contributed by atoms with Crippen molar-refractivity contribution in [3.05, 3.63) is 24.3 Å². The Labute approximate surface area is 144 Å². The molecule has 7 heteroatoms. The molecule has 1 heterocycles. The molecule has 1 aromatic heterocycles. The molecule has 2 aromatic rings. The van der Waals surface area contributed by atoms with Gasteiger partial charge in [0.2, 0.25) is 5.89 Å². The average Bonchev–Trinajstić information content (AvgIpc) is 3.10. The number of carbonyl (C=O) groups is 1. The van der Waals surface area contributed by atoms with E-state index >= 15 is 0 Å². The second-order valence-electron chi connectivity index (χ2n) is 5.64. The van der Waals surface area contributed by atoms with Crippen LogP contribution in [0.15, 0.2) is 33.9 Å². The highest BCUT2D eigenvalue weighted by Crippen LogP contribution is 2.25. The fraction of sp³-hybridized carbons (Fsp3) is 0.471. The lowest BCUT2D eigenvalue weighted by Gasteiger charge is -2.21. The molecule has 0 bridgehead atoms. The van der Waals surface area contributed by atoms with Crippen molar-refractivity contribution in [2.75, 3.05) is 12.9 Å². The van der Waals surface area contributed by atoms with Gasteiger partial charge in [-0.15, -0.1) is 10.2 Å². The first-order valence-electron chi connectivity index (χ1n) is 8.05. The third-order valence-corrected chi connectivity index (χ3v) is 4.70. The molecule has 24 heavy (non-hydrogen) atoms. The number of aromatic nitrogens is 2. The summed E-state index contributed by atoms with van der Waals surface area (Å²) < 4.78 is 16.2. The van der Waals surface area contributed by atoms with E-state index in [1.54, 1.807) is 7.11 Å². The average molecular weight is 348 g/mol. The molecule has 0 N–H and O–H groups in total. The van der Waals surface area contributed by atoms with Crippen LogP contribution in [0, 0.1) is 0 Å². The standard InChI is InChI=1S/C17H20N2O4S/c1-21-13-9-7-12(8-10-13)16-18-19-17(23-16)24-11-15(20)22-14-5-3-2-4-6-14/h7-10,14H,2-6,11H2,1H3. The van der Waals surface area contributed by atoms with Crippen molar-refractivity contribution in [3.63, 3.8) is 0 Å². The normalized spacial score (nSPS) is 15.2. The van der Waals surface area contributed by atoms with Crippen molar-refractivity contribution in [2.45, 2.75) is 43.4 Å². The van der Waals surface area contributed by atoms with Gasteiger partial charge >= 0.3 is 5.97 Å². The lowest BCUT2D eigenvalue weighted by atomic mass is 9.98. The number of thioether (sulfide) groups is 1. The van der Waals surface area contributed by atoms with Crippen LogP contribution in [0.4, 0.5) is 0 Å². The first kappa shape index (κ1) is 16.8. The van der Waals surface area contributed by atoms with Gasteiger partial charge in [0.15, 0.2) is 0 Å². The van der Waals surface area contributed by atoms with Crippen LogP contribution < -0.4 is 4.74 Å². The molecule has 0 aliphatic heterocycles. The SMILES string of the molecule is COc1ccc(-c2nnc(SCC(=O)OC3CCCCC3)o2)cc1. The molecule has 1 aliphatic carbocycles. The van der Waals surface area contributed by atoms with Crippen LogP contribution in [0.1, 0.15) is 32.1 Å². The van der Waals surface area contributed by atoms with Crippen LogP contribution >= 0.6 is 11.8 Å². The number of hydrogen-bond donors (Lipinski definition) is 0. The number of methoxy groups -OCH3 is 1. The van der Waals surface area contributed by atoms with Crippen LogP contribution in [0.2, 0.25) is 0 Å². The van der Waals surface area contributed by atoms with Gasteiger partial charge in [-0.3, -0.25) is 4.79 Å². The minimum atomic E-state index is -0.226. The Balaban J connectivity index is 1.50. The quantitative estimate of drug-likeness (QED) is 0.582. The van der Waals surface area contributed by atoms with E-state index in [0.717, 1.165) is 37.0 Å². The maximum Gasteiger partial charge on any atom is 0.316 e. The van der Waals surface area contributed by atoms with Gasteiger partial charge in [-0.1, -0.05) is 18.2 Å². The van der Waals surface area contributed by atoms with Crippen molar-refractivity contribution in [1.29, 1.82) is 0 Å². The zero-order chi connectivity index (χ0) is 16.8. The molecule has 1 aliphatic rings. The number of hydrogen-bond acceptors (Lipinski definition) is 7. The third kappa shape index (κ3) is 4.50. The van der Waals surface area contributed by atoms with Gasteiger partial charge in [-0.2, -0.15) is 0 Å². The summed E-state index contributed by atoms with van der Waals surface area (Å²) in [5.41, 5.74) is 0.805. The molecule has 0 amide bonds. The number of nitrogens with zero attached hydrogens (tertiary/aromatic N) is 2. The van der Waals surface area contributed by atoms with E-state index in [0.29, 0.717) is 11.1 Å². The molecular weight excluding hydrogens is 328 g/mol. The van der Waals surface area contributed by atoms with Gasteiger partial charge in [-0.25, -0.2) is 0 Å². The Morgan fingerprint density at radius 2 is 1.96 bits per heavy atom. The fourth-order valence-electron chi connectivity index (χ4n) is 2.64. The second-order valence-corrected chi connectivity index (χ2v) is 6.57. The molecule has 128 valence electrons. The summed E-state index contributed by atoms with van der Waals surface area (Å²) in [7, 11) is 1.61. The molecule has 1 aromatic carbocycles. The Bertz CT molecular complexity index is 665. The van der Waals surface area contributed by atoms with Crippen LogP contribution in [0.5, 0.6) is 5.75 Å². The van der Waals surface area contributed by atoms with E-state index in [4.69, 9.17) is 13.9 Å². The molecule has 0 saturated heterocycles. The van der Waals surface area contributed by atoms with Crippen LogP contribution in [0.25, 0.3) is 11.5 Å². The Kier molecular flexibility index (Phi) is 5.74. The molecule has 1 fully saturated rings. The van der Waals surface area contributed by atoms with Gasteiger partial charge in [0.25, 0.3) is 5.22 Å². The van der Waals surface area contributed by atoms with Gasteiger partial charge < -0.3 is 13.9 Å². The molecule has 1 saturated carbocycles. The summed E-state index contributed by atoms with van der Waals surface area (Å²) in [5, 5.41) is 8.33. The summed E-state index contributed by atoms with van der Waals surface area (Å²) >= 11 is 1.20. The molecule has 0 spiro atoms. The summed E-state index contributed by atoms with van der Waals surface area (Å²) in [6, 6.07) is 7.35. The smallest absolute Gasteiger partial charge is 0.316 e. The number of benzene rings is 1. The lowest BCUT2D eigenvalue weighted by Crippen LogP contribution is -2.21. The van der Waals surface area contributed by atoms with E-state index in [1.165, 1.54) is 18.2 Å². The zero-order valence-corrected chi connectivity index (χ0v) is 14.4. The van der Waals surface area contributed by atoms with Gasteiger partial charge in [0.05, 0.1) is 7.11 Å². The Hall–Kier alpha value is -2.02. The first-order chi connectivity index (χ1) is 11.7. The van der Waals surface area contributed by atoms with Crippen LogP contribution in [-0.2, 0) is 9.53 Å². The van der Waals surface area contributed by atoms with E-state index < -0.39 is 0 Å².